The molecule has 0 bridgehead atoms. The molecule has 0 radical (unpaired) electrons. The minimum atomic E-state index is -0.418. The summed E-state index contributed by atoms with van der Waals surface area (Å²) in [5, 5.41) is 9.82. The van der Waals surface area contributed by atoms with Crippen molar-refractivity contribution in [2.24, 2.45) is 5.92 Å². The summed E-state index contributed by atoms with van der Waals surface area (Å²) >= 11 is 0. The number of ketones is 1. The minimum absolute atomic E-state index is 0.128. The number of Topliss-reactive ketones (excluding diaryl/α,β-unsaturated/α-hetero) is 1. The van der Waals surface area contributed by atoms with Gasteiger partial charge in [-0.1, -0.05) is 40.0 Å². The van der Waals surface area contributed by atoms with E-state index in [2.05, 4.69) is 6.92 Å². The van der Waals surface area contributed by atoms with Crippen LogP contribution < -0.4 is 0 Å². The number of hydrogen-bond donors (Lipinski definition) is 1. The van der Waals surface area contributed by atoms with E-state index in [0.29, 0.717) is 6.42 Å². The maximum atomic E-state index is 11.5. The molecule has 0 aliphatic heterocycles. The Labute approximate surface area is 87.7 Å². The molecule has 0 aromatic rings. The molecule has 0 aromatic carbocycles. The Balaban J connectivity index is 3.91. The third-order valence-electron chi connectivity index (χ3n) is 2.77. The largest absolute Gasteiger partial charge is 0.392 e. The van der Waals surface area contributed by atoms with Gasteiger partial charge < -0.3 is 5.11 Å². The first kappa shape index (κ1) is 13.6. The van der Waals surface area contributed by atoms with Crippen molar-refractivity contribution in [2.75, 3.05) is 0 Å². The van der Waals surface area contributed by atoms with Gasteiger partial charge >= 0.3 is 0 Å². The van der Waals surface area contributed by atoms with Crippen LogP contribution in [0.25, 0.3) is 0 Å². The lowest BCUT2D eigenvalue weighted by atomic mass is 9.90. The van der Waals surface area contributed by atoms with Crippen molar-refractivity contribution in [2.45, 2.75) is 65.4 Å². The van der Waals surface area contributed by atoms with E-state index in [9.17, 15) is 9.90 Å². The maximum absolute atomic E-state index is 11.5. The quantitative estimate of drug-likeness (QED) is 0.612. The first-order valence-electron chi connectivity index (χ1n) is 5.88. The fourth-order valence-electron chi connectivity index (χ4n) is 1.78. The van der Waals surface area contributed by atoms with E-state index >= 15 is 0 Å². The van der Waals surface area contributed by atoms with Gasteiger partial charge in [0.05, 0.1) is 6.10 Å². The second kappa shape index (κ2) is 7.98. The molecule has 0 heterocycles. The van der Waals surface area contributed by atoms with Crippen molar-refractivity contribution in [3.8, 4) is 0 Å². The summed E-state index contributed by atoms with van der Waals surface area (Å²) in [6, 6.07) is 0. The van der Waals surface area contributed by atoms with Gasteiger partial charge in [-0.25, -0.2) is 0 Å². The summed E-state index contributed by atoms with van der Waals surface area (Å²) in [6.45, 7) is 5.98. The van der Waals surface area contributed by atoms with Gasteiger partial charge in [-0.15, -0.1) is 0 Å². The molecule has 0 aliphatic carbocycles. The second-order valence-electron chi connectivity index (χ2n) is 3.90. The topological polar surface area (TPSA) is 37.3 Å². The molecule has 0 saturated heterocycles. The van der Waals surface area contributed by atoms with E-state index < -0.39 is 6.10 Å². The van der Waals surface area contributed by atoms with E-state index in [0.717, 1.165) is 32.1 Å². The van der Waals surface area contributed by atoms with Gasteiger partial charge in [0.1, 0.15) is 5.78 Å². The standard InChI is InChI=1S/C12H24O2/c1-4-7-8-9-12(14)10(5-2)11(13)6-3/h10,12,14H,4-9H2,1-3H3. The molecule has 0 fully saturated rings. The minimum Gasteiger partial charge on any atom is -0.392 e. The van der Waals surface area contributed by atoms with Gasteiger partial charge in [-0.2, -0.15) is 0 Å². The highest BCUT2D eigenvalue weighted by molar-refractivity contribution is 5.81. The van der Waals surface area contributed by atoms with Gasteiger partial charge in [0.2, 0.25) is 0 Å². The highest BCUT2D eigenvalue weighted by atomic mass is 16.3. The highest BCUT2D eigenvalue weighted by Crippen LogP contribution is 2.17. The first-order chi connectivity index (χ1) is 6.67. The lowest BCUT2D eigenvalue weighted by Gasteiger charge is -2.19. The number of aliphatic hydroxyl groups excluding tert-OH is 1. The van der Waals surface area contributed by atoms with Gasteiger partial charge in [0.15, 0.2) is 0 Å². The Morgan fingerprint density at radius 1 is 1.21 bits per heavy atom. The summed E-state index contributed by atoms with van der Waals surface area (Å²) in [6.07, 6.45) is 5.00. The Bertz CT molecular complexity index is 154. The van der Waals surface area contributed by atoms with Crippen LogP contribution in [0.3, 0.4) is 0 Å². The SMILES string of the molecule is CCCCCC(O)C(CC)C(=O)CC. The number of carbonyl (C=O) groups excluding carboxylic acids is 1. The zero-order chi connectivity index (χ0) is 11.0. The van der Waals surface area contributed by atoms with E-state index in [1.165, 1.54) is 0 Å². The van der Waals surface area contributed by atoms with Crippen molar-refractivity contribution in [1.29, 1.82) is 0 Å². The molecular formula is C12H24O2. The predicted octanol–water partition coefficient (Wildman–Crippen LogP) is 2.93. The lowest BCUT2D eigenvalue weighted by molar-refractivity contribution is -0.126. The summed E-state index contributed by atoms with van der Waals surface area (Å²) in [5.74, 6) is 0.0772. The van der Waals surface area contributed by atoms with Crippen molar-refractivity contribution < 1.29 is 9.90 Å². The molecule has 2 atom stereocenters. The van der Waals surface area contributed by atoms with Crippen molar-refractivity contribution in [1.82, 2.24) is 0 Å². The van der Waals surface area contributed by atoms with Crippen LogP contribution in [-0.4, -0.2) is 17.0 Å². The van der Waals surface area contributed by atoms with Crippen LogP contribution in [0.5, 0.6) is 0 Å². The summed E-state index contributed by atoms with van der Waals surface area (Å²) in [4.78, 5) is 11.5. The lowest BCUT2D eigenvalue weighted by Crippen LogP contribution is -2.27. The molecule has 1 N–H and O–H groups in total. The Morgan fingerprint density at radius 2 is 1.86 bits per heavy atom. The Kier molecular flexibility index (Phi) is 7.77. The van der Waals surface area contributed by atoms with E-state index in [-0.39, 0.29) is 11.7 Å². The molecule has 2 unspecified atom stereocenters. The number of unbranched alkanes of at least 4 members (excludes halogenated alkanes) is 2. The molecule has 0 rings (SSSR count). The second-order valence-corrected chi connectivity index (χ2v) is 3.90. The smallest absolute Gasteiger partial charge is 0.138 e. The molecule has 2 nitrogen and oxygen atoms in total. The number of rotatable bonds is 8. The van der Waals surface area contributed by atoms with E-state index in [1.54, 1.807) is 0 Å². The molecular weight excluding hydrogens is 176 g/mol. The van der Waals surface area contributed by atoms with Crippen LogP contribution in [0.15, 0.2) is 0 Å². The van der Waals surface area contributed by atoms with Crippen LogP contribution in [0.1, 0.15) is 59.3 Å². The van der Waals surface area contributed by atoms with Gasteiger partial charge in [0.25, 0.3) is 0 Å². The molecule has 0 aromatic heterocycles. The summed E-state index contributed by atoms with van der Waals surface area (Å²) in [5.41, 5.74) is 0. The normalized spacial score (nSPS) is 15.1. The van der Waals surface area contributed by atoms with Gasteiger partial charge in [0, 0.05) is 12.3 Å². The molecule has 0 aliphatic rings. The zero-order valence-corrected chi connectivity index (χ0v) is 9.75. The van der Waals surface area contributed by atoms with Crippen LogP contribution in [0.2, 0.25) is 0 Å². The molecule has 0 spiro atoms. The third kappa shape index (κ3) is 4.75. The molecule has 0 amide bonds. The molecule has 0 saturated carbocycles. The molecule has 84 valence electrons. The van der Waals surface area contributed by atoms with Crippen LogP contribution in [0.4, 0.5) is 0 Å². The van der Waals surface area contributed by atoms with Gasteiger partial charge in [-0.3, -0.25) is 4.79 Å². The Morgan fingerprint density at radius 3 is 2.29 bits per heavy atom. The van der Waals surface area contributed by atoms with E-state index in [4.69, 9.17) is 0 Å². The fourth-order valence-corrected chi connectivity index (χ4v) is 1.78. The van der Waals surface area contributed by atoms with E-state index in [1.807, 2.05) is 13.8 Å². The zero-order valence-electron chi connectivity index (χ0n) is 9.75. The number of hydrogen-bond acceptors (Lipinski definition) is 2. The maximum Gasteiger partial charge on any atom is 0.138 e. The average molecular weight is 200 g/mol. The highest BCUT2D eigenvalue weighted by Gasteiger charge is 2.22. The number of aliphatic hydroxyl groups is 1. The summed E-state index contributed by atoms with van der Waals surface area (Å²) < 4.78 is 0. The summed E-state index contributed by atoms with van der Waals surface area (Å²) in [7, 11) is 0. The van der Waals surface area contributed by atoms with Crippen LogP contribution in [0, 0.1) is 5.92 Å². The first-order valence-corrected chi connectivity index (χ1v) is 5.88. The van der Waals surface area contributed by atoms with Crippen LogP contribution in [-0.2, 0) is 4.79 Å². The third-order valence-corrected chi connectivity index (χ3v) is 2.77. The fraction of sp³-hybridized carbons (Fsp3) is 0.917. The predicted molar refractivity (Wildman–Crippen MR) is 59.2 cm³/mol. The molecule has 2 heteroatoms. The van der Waals surface area contributed by atoms with Crippen LogP contribution >= 0.6 is 0 Å². The van der Waals surface area contributed by atoms with Crippen molar-refractivity contribution >= 4 is 5.78 Å². The van der Waals surface area contributed by atoms with Gasteiger partial charge in [-0.05, 0) is 12.8 Å². The van der Waals surface area contributed by atoms with Crippen molar-refractivity contribution in [3.05, 3.63) is 0 Å². The average Bonchev–Trinajstić information content (AvgIpc) is 2.19. The Hall–Kier alpha value is -0.370. The van der Waals surface area contributed by atoms with Crippen molar-refractivity contribution in [3.63, 3.8) is 0 Å². The monoisotopic (exact) mass is 200 g/mol. The number of carbonyl (C=O) groups is 1. The molecule has 14 heavy (non-hydrogen) atoms.